The van der Waals surface area contributed by atoms with Crippen LogP contribution in [0.1, 0.15) is 5.56 Å². The van der Waals surface area contributed by atoms with Gasteiger partial charge in [0, 0.05) is 11.1 Å². The summed E-state index contributed by atoms with van der Waals surface area (Å²) in [4.78, 5) is 20.2. The van der Waals surface area contributed by atoms with Crippen LogP contribution in [0.25, 0.3) is 22.5 Å². The third kappa shape index (κ3) is 5.40. The summed E-state index contributed by atoms with van der Waals surface area (Å²) in [5.41, 5.74) is 7.08. The van der Waals surface area contributed by atoms with Gasteiger partial charge in [0.15, 0.2) is 5.16 Å². The predicted molar refractivity (Wildman–Crippen MR) is 124 cm³/mol. The minimum Gasteiger partial charge on any atom is -0.508 e. The zero-order valence-corrected chi connectivity index (χ0v) is 17.3. The van der Waals surface area contributed by atoms with Gasteiger partial charge in [-0.2, -0.15) is 5.10 Å². The van der Waals surface area contributed by atoms with Gasteiger partial charge in [0.2, 0.25) is 0 Å². The van der Waals surface area contributed by atoms with Crippen molar-refractivity contribution in [3.63, 3.8) is 0 Å². The van der Waals surface area contributed by atoms with Crippen LogP contribution in [-0.4, -0.2) is 32.9 Å². The highest BCUT2D eigenvalue weighted by atomic mass is 32.2. The molecule has 3 aromatic carbocycles. The Balaban J connectivity index is 1.44. The molecular weight excluding hydrogens is 408 g/mol. The number of carbonyl (C=O) groups is 1. The van der Waals surface area contributed by atoms with Crippen molar-refractivity contribution in [3.05, 3.63) is 90.5 Å². The molecule has 0 aliphatic rings. The van der Waals surface area contributed by atoms with Crippen LogP contribution < -0.4 is 5.43 Å². The summed E-state index contributed by atoms with van der Waals surface area (Å²) >= 11 is 1.32. The van der Waals surface area contributed by atoms with Gasteiger partial charge in [-0.05, 0) is 29.8 Å². The first-order valence-corrected chi connectivity index (χ1v) is 10.6. The molecule has 4 aromatic rings. The lowest BCUT2D eigenvalue weighted by atomic mass is 10.1. The van der Waals surface area contributed by atoms with E-state index in [1.165, 1.54) is 18.0 Å². The van der Waals surface area contributed by atoms with Gasteiger partial charge in [0.25, 0.3) is 5.91 Å². The van der Waals surface area contributed by atoms with Crippen molar-refractivity contribution >= 4 is 23.9 Å². The normalized spacial score (nSPS) is 11.0. The molecule has 0 spiro atoms. The molecule has 7 heteroatoms. The van der Waals surface area contributed by atoms with E-state index in [1.807, 2.05) is 60.7 Å². The van der Waals surface area contributed by atoms with E-state index in [0.29, 0.717) is 5.16 Å². The fourth-order valence-corrected chi connectivity index (χ4v) is 3.61. The summed E-state index contributed by atoms with van der Waals surface area (Å²) in [6, 6.07) is 26.5. The van der Waals surface area contributed by atoms with Crippen LogP contribution in [0.4, 0.5) is 0 Å². The third-order valence-corrected chi connectivity index (χ3v) is 5.30. The number of aromatic nitrogens is 2. The maximum atomic E-state index is 12.2. The standard InChI is InChI=1S/C24H20N4O2S/c29-20-13-11-17(12-14-20)15-25-28-21(30)16-31-24-26-22(18-7-3-1-4-8-18)23(27-24)19-9-5-2-6-10-19/h1-15,29H,16H2,(H,26,27)(H,28,30)/b25-15+. The molecule has 3 N–H and O–H groups in total. The summed E-state index contributed by atoms with van der Waals surface area (Å²) in [5.74, 6) is 0.114. The van der Waals surface area contributed by atoms with E-state index in [2.05, 4.69) is 15.5 Å². The number of benzene rings is 3. The number of nitrogens with one attached hydrogen (secondary N) is 2. The van der Waals surface area contributed by atoms with Crippen molar-refractivity contribution in [2.45, 2.75) is 5.16 Å². The number of phenolic OH excluding ortho intramolecular Hbond substituents is 1. The summed E-state index contributed by atoms with van der Waals surface area (Å²) in [6.07, 6.45) is 1.52. The van der Waals surface area contributed by atoms with Crippen LogP contribution >= 0.6 is 11.8 Å². The Kier molecular flexibility index (Phi) is 6.44. The van der Waals surface area contributed by atoms with Crippen molar-refractivity contribution < 1.29 is 9.90 Å². The molecule has 0 unspecified atom stereocenters. The first kappa shape index (κ1) is 20.4. The highest BCUT2D eigenvalue weighted by Gasteiger charge is 2.15. The molecule has 4 rings (SSSR count). The van der Waals surface area contributed by atoms with E-state index >= 15 is 0 Å². The Bertz CT molecular complexity index is 1120. The van der Waals surface area contributed by atoms with Crippen LogP contribution in [-0.2, 0) is 4.79 Å². The Morgan fingerprint density at radius 3 is 2.29 bits per heavy atom. The minimum absolute atomic E-state index is 0.170. The summed E-state index contributed by atoms with van der Waals surface area (Å²) < 4.78 is 0. The van der Waals surface area contributed by atoms with Crippen molar-refractivity contribution in [3.8, 4) is 28.3 Å². The monoisotopic (exact) mass is 428 g/mol. The maximum absolute atomic E-state index is 12.2. The van der Waals surface area contributed by atoms with Crippen LogP contribution in [0.2, 0.25) is 0 Å². The number of hydrogen-bond acceptors (Lipinski definition) is 5. The average molecular weight is 429 g/mol. The van der Waals surface area contributed by atoms with Gasteiger partial charge in [-0.25, -0.2) is 10.4 Å². The maximum Gasteiger partial charge on any atom is 0.250 e. The smallest absolute Gasteiger partial charge is 0.250 e. The lowest BCUT2D eigenvalue weighted by molar-refractivity contribution is -0.118. The van der Waals surface area contributed by atoms with Crippen molar-refractivity contribution in [1.82, 2.24) is 15.4 Å². The zero-order chi connectivity index (χ0) is 21.5. The van der Waals surface area contributed by atoms with Gasteiger partial charge in [0.05, 0.1) is 23.4 Å². The first-order valence-electron chi connectivity index (χ1n) is 9.63. The SMILES string of the molecule is O=C(CSc1nc(-c2ccccc2)c(-c2ccccc2)[nH]1)N/N=C/c1ccc(O)cc1. The second-order valence-electron chi connectivity index (χ2n) is 6.67. The van der Waals surface area contributed by atoms with Gasteiger partial charge < -0.3 is 10.1 Å². The number of aromatic hydroxyl groups is 1. The number of phenols is 1. The summed E-state index contributed by atoms with van der Waals surface area (Å²) in [7, 11) is 0. The van der Waals surface area contributed by atoms with Gasteiger partial charge in [-0.15, -0.1) is 0 Å². The van der Waals surface area contributed by atoms with E-state index in [0.717, 1.165) is 28.1 Å². The number of aromatic amines is 1. The fraction of sp³-hybridized carbons (Fsp3) is 0.0417. The molecule has 0 bridgehead atoms. The van der Waals surface area contributed by atoms with E-state index in [1.54, 1.807) is 24.3 Å². The number of H-pyrrole nitrogens is 1. The summed E-state index contributed by atoms with van der Waals surface area (Å²) in [5, 5.41) is 13.9. The number of hydrazone groups is 1. The lowest BCUT2D eigenvalue weighted by Crippen LogP contribution is -2.19. The third-order valence-electron chi connectivity index (χ3n) is 4.43. The molecule has 0 saturated carbocycles. The molecule has 0 atom stereocenters. The summed E-state index contributed by atoms with van der Waals surface area (Å²) in [6.45, 7) is 0. The van der Waals surface area contributed by atoms with E-state index in [9.17, 15) is 9.90 Å². The number of amides is 1. The molecular formula is C24H20N4O2S. The number of hydrogen-bond donors (Lipinski definition) is 3. The molecule has 1 heterocycles. The van der Waals surface area contributed by atoms with E-state index in [4.69, 9.17) is 4.98 Å². The van der Waals surface area contributed by atoms with Gasteiger partial charge in [-0.3, -0.25) is 4.79 Å². The van der Waals surface area contributed by atoms with E-state index < -0.39 is 0 Å². The topological polar surface area (TPSA) is 90.4 Å². The fourth-order valence-electron chi connectivity index (χ4n) is 2.94. The predicted octanol–water partition coefficient (Wildman–Crippen LogP) is 4.69. The molecule has 154 valence electrons. The lowest BCUT2D eigenvalue weighted by Gasteiger charge is -2.02. The van der Waals surface area contributed by atoms with Crippen molar-refractivity contribution in [1.29, 1.82) is 0 Å². The average Bonchev–Trinajstić information content (AvgIpc) is 3.25. The molecule has 0 saturated heterocycles. The number of imidazole rings is 1. The molecule has 0 radical (unpaired) electrons. The number of rotatable bonds is 7. The number of nitrogens with zero attached hydrogens (tertiary/aromatic N) is 2. The number of thioether (sulfide) groups is 1. The Labute approximate surface area is 184 Å². The number of carbonyl (C=O) groups excluding carboxylic acids is 1. The van der Waals surface area contributed by atoms with Gasteiger partial charge in [0.1, 0.15) is 5.75 Å². The Morgan fingerprint density at radius 2 is 1.61 bits per heavy atom. The first-order chi connectivity index (χ1) is 15.2. The second-order valence-corrected chi connectivity index (χ2v) is 7.64. The zero-order valence-electron chi connectivity index (χ0n) is 16.5. The van der Waals surface area contributed by atoms with Crippen molar-refractivity contribution in [2.75, 3.05) is 5.75 Å². The Morgan fingerprint density at radius 1 is 0.968 bits per heavy atom. The molecule has 0 aliphatic heterocycles. The minimum atomic E-state index is -0.237. The van der Waals surface area contributed by atoms with Crippen LogP contribution in [0.5, 0.6) is 5.75 Å². The molecule has 1 aromatic heterocycles. The van der Waals surface area contributed by atoms with Crippen LogP contribution in [0.15, 0.2) is 95.2 Å². The Hall–Kier alpha value is -3.84. The van der Waals surface area contributed by atoms with E-state index in [-0.39, 0.29) is 17.4 Å². The van der Waals surface area contributed by atoms with Crippen molar-refractivity contribution in [2.24, 2.45) is 5.10 Å². The highest BCUT2D eigenvalue weighted by Crippen LogP contribution is 2.32. The quantitative estimate of drug-likeness (QED) is 0.226. The highest BCUT2D eigenvalue weighted by molar-refractivity contribution is 7.99. The molecule has 0 fully saturated rings. The molecule has 31 heavy (non-hydrogen) atoms. The molecule has 6 nitrogen and oxygen atoms in total. The van der Waals surface area contributed by atoms with Gasteiger partial charge >= 0.3 is 0 Å². The molecule has 0 aliphatic carbocycles. The van der Waals surface area contributed by atoms with Crippen LogP contribution in [0.3, 0.4) is 0 Å². The van der Waals surface area contributed by atoms with Gasteiger partial charge in [-0.1, -0.05) is 72.4 Å². The largest absolute Gasteiger partial charge is 0.508 e. The second kappa shape index (κ2) is 9.77. The molecule has 1 amide bonds. The van der Waals surface area contributed by atoms with Crippen LogP contribution in [0, 0.1) is 0 Å².